The van der Waals surface area contributed by atoms with Crippen molar-refractivity contribution >= 4 is 14.4 Å². The van der Waals surface area contributed by atoms with Gasteiger partial charge in [0.15, 0.2) is 0 Å². The fraction of sp³-hybridized carbons (Fsp3) is 0.529. The second-order valence-corrected chi connectivity index (χ2v) is 7.45. The number of hydrogen-bond donors (Lipinski definition) is 1. The molecule has 0 spiro atoms. The van der Waals surface area contributed by atoms with Gasteiger partial charge in [0.2, 0.25) is 0 Å². The maximum absolute atomic E-state index is 6.05. The largest absolute Gasteiger partial charge is 0.533 e. The molecule has 0 aliphatic rings. The molecule has 5 heteroatoms. The standard InChI is InChI=1S/C17H29NO3Si/c1-5-19-22(20-6-2,21-7-3)17(13-14-18)15(4)16-11-9-8-10-12-16/h8-12H,5-7,13-14,18H2,1-4H3. The van der Waals surface area contributed by atoms with Crippen LogP contribution in [-0.4, -0.2) is 35.2 Å². The van der Waals surface area contributed by atoms with Crippen LogP contribution < -0.4 is 5.73 Å². The van der Waals surface area contributed by atoms with E-state index >= 15 is 0 Å². The molecule has 1 aromatic carbocycles. The van der Waals surface area contributed by atoms with Gasteiger partial charge in [-0.1, -0.05) is 30.3 Å². The highest BCUT2D eigenvalue weighted by Gasteiger charge is 2.45. The highest BCUT2D eigenvalue weighted by atomic mass is 28.4. The average molecular weight is 324 g/mol. The van der Waals surface area contributed by atoms with Crippen molar-refractivity contribution in [1.82, 2.24) is 0 Å². The van der Waals surface area contributed by atoms with Crippen molar-refractivity contribution in [1.29, 1.82) is 0 Å². The lowest BCUT2D eigenvalue weighted by Crippen LogP contribution is -2.49. The molecule has 0 radical (unpaired) electrons. The second-order valence-electron chi connectivity index (χ2n) is 4.86. The third-order valence-corrected chi connectivity index (χ3v) is 6.80. The Labute approximate surface area is 135 Å². The van der Waals surface area contributed by atoms with Crippen LogP contribution in [0, 0.1) is 0 Å². The van der Waals surface area contributed by atoms with Crippen LogP contribution in [0.4, 0.5) is 0 Å². The quantitative estimate of drug-likeness (QED) is 0.671. The summed E-state index contributed by atoms with van der Waals surface area (Å²) in [5, 5.41) is 1.09. The molecule has 124 valence electrons. The predicted octanol–water partition coefficient (Wildman–Crippen LogP) is 3.40. The number of benzene rings is 1. The van der Waals surface area contributed by atoms with Gasteiger partial charge in [0.1, 0.15) is 0 Å². The molecule has 0 aliphatic carbocycles. The fourth-order valence-corrected chi connectivity index (χ4v) is 5.50. The van der Waals surface area contributed by atoms with Crippen molar-refractivity contribution in [3.8, 4) is 0 Å². The van der Waals surface area contributed by atoms with E-state index in [1.165, 1.54) is 0 Å². The molecule has 1 rings (SSSR count). The SMILES string of the molecule is CCO[Si](OCC)(OCC)C(CCN)=C(C)c1ccccc1. The third kappa shape index (κ3) is 4.76. The lowest BCUT2D eigenvalue weighted by molar-refractivity contribution is 0.0800. The molecule has 0 heterocycles. The first-order valence-corrected chi connectivity index (χ1v) is 9.75. The van der Waals surface area contributed by atoms with Crippen LogP contribution in [0.25, 0.3) is 5.57 Å². The lowest BCUT2D eigenvalue weighted by Gasteiger charge is -2.32. The third-order valence-electron chi connectivity index (χ3n) is 3.43. The molecule has 0 aromatic heterocycles. The van der Waals surface area contributed by atoms with E-state index in [-0.39, 0.29) is 0 Å². The highest BCUT2D eigenvalue weighted by molar-refractivity contribution is 6.70. The maximum atomic E-state index is 6.05. The molecule has 0 saturated heterocycles. The normalized spacial score (nSPS) is 13.1. The van der Waals surface area contributed by atoms with Crippen molar-refractivity contribution < 1.29 is 13.3 Å². The number of allylic oxidation sites excluding steroid dienone is 1. The van der Waals surface area contributed by atoms with Gasteiger partial charge in [-0.3, -0.25) is 0 Å². The van der Waals surface area contributed by atoms with E-state index in [0.717, 1.165) is 16.3 Å². The molecule has 4 nitrogen and oxygen atoms in total. The van der Waals surface area contributed by atoms with Gasteiger partial charge in [-0.05, 0) is 51.8 Å². The van der Waals surface area contributed by atoms with E-state index in [0.29, 0.717) is 32.8 Å². The molecular weight excluding hydrogens is 294 g/mol. The highest BCUT2D eigenvalue weighted by Crippen LogP contribution is 2.30. The van der Waals surface area contributed by atoms with E-state index in [9.17, 15) is 0 Å². The first kappa shape index (κ1) is 19.1. The van der Waals surface area contributed by atoms with Crippen molar-refractivity contribution in [3.05, 3.63) is 41.1 Å². The van der Waals surface area contributed by atoms with Gasteiger partial charge in [-0.15, -0.1) is 0 Å². The Morgan fingerprint density at radius 3 is 1.86 bits per heavy atom. The van der Waals surface area contributed by atoms with Gasteiger partial charge in [0.25, 0.3) is 0 Å². The Morgan fingerprint density at radius 1 is 0.955 bits per heavy atom. The number of nitrogens with two attached hydrogens (primary N) is 1. The summed E-state index contributed by atoms with van der Waals surface area (Å²) >= 11 is 0. The second kappa shape index (κ2) is 9.92. The average Bonchev–Trinajstić information content (AvgIpc) is 2.53. The molecule has 0 unspecified atom stereocenters. The monoisotopic (exact) mass is 323 g/mol. The van der Waals surface area contributed by atoms with Crippen LogP contribution in [-0.2, 0) is 13.3 Å². The molecule has 22 heavy (non-hydrogen) atoms. The fourth-order valence-electron chi connectivity index (χ4n) is 2.53. The van der Waals surface area contributed by atoms with Gasteiger partial charge in [-0.25, -0.2) is 0 Å². The minimum absolute atomic E-state index is 0.543. The molecule has 0 atom stereocenters. The summed E-state index contributed by atoms with van der Waals surface area (Å²) in [5.74, 6) is 0. The minimum atomic E-state index is -2.89. The zero-order chi connectivity index (χ0) is 16.4. The van der Waals surface area contributed by atoms with Gasteiger partial charge >= 0.3 is 8.80 Å². The Morgan fingerprint density at radius 2 is 1.45 bits per heavy atom. The molecule has 0 fully saturated rings. The van der Waals surface area contributed by atoms with Crippen LogP contribution >= 0.6 is 0 Å². The Bertz CT molecular complexity index is 445. The smallest absolute Gasteiger partial charge is 0.370 e. The van der Waals surface area contributed by atoms with Crippen molar-refractivity contribution in [2.45, 2.75) is 34.1 Å². The summed E-state index contributed by atoms with van der Waals surface area (Å²) in [6.45, 7) is 10.2. The summed E-state index contributed by atoms with van der Waals surface area (Å²) in [6, 6.07) is 10.3. The van der Waals surface area contributed by atoms with Crippen LogP contribution in [0.1, 0.15) is 39.7 Å². The van der Waals surface area contributed by atoms with Gasteiger partial charge in [0.05, 0.1) is 0 Å². The summed E-state index contributed by atoms with van der Waals surface area (Å²) in [5.41, 5.74) is 8.15. The van der Waals surface area contributed by atoms with E-state index in [4.69, 9.17) is 19.0 Å². The topological polar surface area (TPSA) is 53.7 Å². The van der Waals surface area contributed by atoms with E-state index in [2.05, 4.69) is 19.1 Å². The minimum Gasteiger partial charge on any atom is -0.370 e. The van der Waals surface area contributed by atoms with Crippen molar-refractivity contribution in [3.63, 3.8) is 0 Å². The molecule has 2 N–H and O–H groups in total. The first-order valence-electron chi connectivity index (χ1n) is 8.02. The lowest BCUT2D eigenvalue weighted by atomic mass is 10.1. The summed E-state index contributed by atoms with van der Waals surface area (Å²) in [4.78, 5) is 0. The predicted molar refractivity (Wildman–Crippen MR) is 93.3 cm³/mol. The van der Waals surface area contributed by atoms with Gasteiger partial charge in [-0.2, -0.15) is 0 Å². The Hall–Kier alpha value is -0.983. The van der Waals surface area contributed by atoms with Crippen molar-refractivity contribution in [2.24, 2.45) is 5.73 Å². The molecule has 0 bridgehead atoms. The van der Waals surface area contributed by atoms with Crippen LogP contribution in [0.5, 0.6) is 0 Å². The van der Waals surface area contributed by atoms with E-state index in [1.54, 1.807) is 0 Å². The van der Waals surface area contributed by atoms with Gasteiger partial charge in [0, 0.05) is 25.0 Å². The van der Waals surface area contributed by atoms with Crippen LogP contribution in [0.2, 0.25) is 0 Å². The van der Waals surface area contributed by atoms with Crippen LogP contribution in [0.15, 0.2) is 35.5 Å². The molecule has 0 saturated carbocycles. The number of hydrogen-bond acceptors (Lipinski definition) is 4. The zero-order valence-electron chi connectivity index (χ0n) is 14.2. The summed E-state index contributed by atoms with van der Waals surface area (Å²) in [7, 11) is -2.89. The Balaban J connectivity index is 3.38. The molecule has 0 amide bonds. The van der Waals surface area contributed by atoms with Gasteiger partial charge < -0.3 is 19.0 Å². The van der Waals surface area contributed by atoms with Crippen LogP contribution in [0.3, 0.4) is 0 Å². The molecule has 0 aliphatic heterocycles. The maximum Gasteiger partial charge on any atom is 0.533 e. The summed E-state index contributed by atoms with van der Waals surface area (Å²) < 4.78 is 18.1. The first-order chi connectivity index (χ1) is 10.6. The zero-order valence-corrected chi connectivity index (χ0v) is 15.2. The molecule has 1 aromatic rings. The van der Waals surface area contributed by atoms with Crippen molar-refractivity contribution in [2.75, 3.05) is 26.4 Å². The summed E-state index contributed by atoms with van der Waals surface area (Å²) in [6.07, 6.45) is 0.715. The Kier molecular flexibility index (Phi) is 8.59. The molecular formula is C17H29NO3Si. The number of rotatable bonds is 10. The van der Waals surface area contributed by atoms with E-state index < -0.39 is 8.80 Å². The van der Waals surface area contributed by atoms with E-state index in [1.807, 2.05) is 39.0 Å².